The van der Waals surface area contributed by atoms with E-state index < -0.39 is 0 Å². The van der Waals surface area contributed by atoms with Gasteiger partial charge in [-0.1, -0.05) is 54.6 Å². The molecule has 0 unspecified atom stereocenters. The Bertz CT molecular complexity index is 692. The van der Waals surface area contributed by atoms with Crippen molar-refractivity contribution in [3.05, 3.63) is 78.0 Å². The second kappa shape index (κ2) is 5.85. The molecule has 3 rings (SSSR count). The van der Waals surface area contributed by atoms with Crippen LogP contribution in [0.25, 0.3) is 10.9 Å². The van der Waals surface area contributed by atoms with Gasteiger partial charge in [-0.25, -0.2) is 0 Å². The van der Waals surface area contributed by atoms with Crippen LogP contribution in [-0.4, -0.2) is 4.98 Å². The lowest BCUT2D eigenvalue weighted by Gasteiger charge is -2.14. The molecule has 20 heavy (non-hydrogen) atoms. The Morgan fingerprint density at radius 3 is 2.50 bits per heavy atom. The second-order valence-electron chi connectivity index (χ2n) is 5.01. The molecule has 0 fully saturated rings. The summed E-state index contributed by atoms with van der Waals surface area (Å²) in [7, 11) is 0. The molecule has 0 bridgehead atoms. The summed E-state index contributed by atoms with van der Waals surface area (Å²) in [5, 5.41) is 4.70. The van der Waals surface area contributed by atoms with E-state index in [4.69, 9.17) is 0 Å². The Morgan fingerprint density at radius 2 is 1.65 bits per heavy atom. The normalized spacial score (nSPS) is 12.4. The molecule has 0 aliphatic heterocycles. The zero-order valence-electron chi connectivity index (χ0n) is 11.6. The van der Waals surface area contributed by atoms with E-state index in [9.17, 15) is 0 Å². The zero-order chi connectivity index (χ0) is 13.8. The van der Waals surface area contributed by atoms with E-state index in [0.717, 1.165) is 17.8 Å². The molecular weight excluding hydrogens is 244 g/mol. The number of fused-ring (bicyclic) bond motifs is 1. The molecule has 1 aromatic heterocycles. The highest BCUT2D eigenvalue weighted by Crippen LogP contribution is 2.14. The maximum Gasteiger partial charge on any atom is 0.0705 e. The standard InChI is InChI=1S/C18H18N2/c1-14(15-7-3-2-4-8-15)19-13-17-12-11-16-9-5-6-10-18(16)20-17/h2-12,14,19H,13H2,1H3/t14-/m0/s1. The van der Waals surface area contributed by atoms with Crippen molar-refractivity contribution in [2.24, 2.45) is 0 Å². The number of hydrogen-bond donors (Lipinski definition) is 1. The average Bonchev–Trinajstić information content (AvgIpc) is 2.53. The first kappa shape index (κ1) is 12.8. The Balaban J connectivity index is 1.70. The molecule has 0 radical (unpaired) electrons. The molecule has 0 aliphatic carbocycles. The molecule has 0 saturated heterocycles. The minimum Gasteiger partial charge on any atom is -0.305 e. The number of aromatic nitrogens is 1. The number of nitrogens with zero attached hydrogens (tertiary/aromatic N) is 1. The lowest BCUT2D eigenvalue weighted by molar-refractivity contribution is 0.568. The largest absolute Gasteiger partial charge is 0.305 e. The molecule has 2 heteroatoms. The van der Waals surface area contributed by atoms with E-state index in [-0.39, 0.29) is 0 Å². The van der Waals surface area contributed by atoms with Gasteiger partial charge < -0.3 is 5.32 Å². The summed E-state index contributed by atoms with van der Waals surface area (Å²) in [6, 6.07) is 23.2. The van der Waals surface area contributed by atoms with Crippen molar-refractivity contribution in [2.75, 3.05) is 0 Å². The Morgan fingerprint density at radius 1 is 0.900 bits per heavy atom. The van der Waals surface area contributed by atoms with Crippen molar-refractivity contribution < 1.29 is 0 Å². The summed E-state index contributed by atoms with van der Waals surface area (Å²) in [6.07, 6.45) is 0. The Labute approximate surface area is 119 Å². The minimum absolute atomic E-state index is 0.324. The van der Waals surface area contributed by atoms with E-state index >= 15 is 0 Å². The van der Waals surface area contributed by atoms with Gasteiger partial charge in [-0.2, -0.15) is 0 Å². The monoisotopic (exact) mass is 262 g/mol. The predicted molar refractivity (Wildman–Crippen MR) is 83.4 cm³/mol. The van der Waals surface area contributed by atoms with Crippen LogP contribution in [0.4, 0.5) is 0 Å². The minimum atomic E-state index is 0.324. The second-order valence-corrected chi connectivity index (χ2v) is 5.01. The Kier molecular flexibility index (Phi) is 3.75. The molecule has 2 nitrogen and oxygen atoms in total. The lowest BCUT2D eigenvalue weighted by atomic mass is 10.1. The van der Waals surface area contributed by atoms with Gasteiger partial charge in [0.2, 0.25) is 0 Å². The molecule has 0 aliphatic rings. The van der Waals surface area contributed by atoms with Gasteiger partial charge in [0.15, 0.2) is 0 Å². The number of benzene rings is 2. The number of pyridine rings is 1. The third-order valence-electron chi connectivity index (χ3n) is 3.55. The quantitative estimate of drug-likeness (QED) is 0.766. The molecule has 1 atom stereocenters. The van der Waals surface area contributed by atoms with Crippen molar-refractivity contribution in [1.29, 1.82) is 0 Å². The topological polar surface area (TPSA) is 24.9 Å². The maximum absolute atomic E-state index is 4.68. The van der Waals surface area contributed by atoms with Crippen LogP contribution >= 0.6 is 0 Å². The van der Waals surface area contributed by atoms with Gasteiger partial charge in [-0.3, -0.25) is 4.98 Å². The summed E-state index contributed by atoms with van der Waals surface area (Å²) in [4.78, 5) is 4.68. The number of rotatable bonds is 4. The Hall–Kier alpha value is -2.19. The molecule has 2 aromatic carbocycles. The first-order valence-corrected chi connectivity index (χ1v) is 6.96. The fourth-order valence-electron chi connectivity index (χ4n) is 2.32. The first-order chi connectivity index (χ1) is 9.83. The molecule has 1 N–H and O–H groups in total. The van der Waals surface area contributed by atoms with Gasteiger partial charge in [0.1, 0.15) is 0 Å². The van der Waals surface area contributed by atoms with E-state index in [0.29, 0.717) is 6.04 Å². The molecule has 0 spiro atoms. The van der Waals surface area contributed by atoms with E-state index in [1.54, 1.807) is 0 Å². The smallest absolute Gasteiger partial charge is 0.0705 e. The van der Waals surface area contributed by atoms with Crippen molar-refractivity contribution in [2.45, 2.75) is 19.5 Å². The van der Waals surface area contributed by atoms with E-state index in [1.807, 2.05) is 18.2 Å². The lowest BCUT2D eigenvalue weighted by Crippen LogP contribution is -2.18. The van der Waals surface area contributed by atoms with Crippen LogP contribution in [0.15, 0.2) is 66.7 Å². The highest BCUT2D eigenvalue weighted by atomic mass is 14.9. The van der Waals surface area contributed by atoms with Crippen LogP contribution in [0.5, 0.6) is 0 Å². The third kappa shape index (κ3) is 2.86. The van der Waals surface area contributed by atoms with Crippen molar-refractivity contribution >= 4 is 10.9 Å². The van der Waals surface area contributed by atoms with Gasteiger partial charge in [0.25, 0.3) is 0 Å². The van der Waals surface area contributed by atoms with Crippen LogP contribution in [0.1, 0.15) is 24.2 Å². The summed E-state index contributed by atoms with van der Waals surface area (Å²) in [5.41, 5.74) is 3.43. The van der Waals surface area contributed by atoms with Crippen molar-refractivity contribution in [3.63, 3.8) is 0 Å². The molecular formula is C18H18N2. The van der Waals surface area contributed by atoms with Crippen molar-refractivity contribution in [1.82, 2.24) is 10.3 Å². The highest BCUT2D eigenvalue weighted by molar-refractivity contribution is 5.78. The van der Waals surface area contributed by atoms with Gasteiger partial charge in [0.05, 0.1) is 11.2 Å². The number of hydrogen-bond acceptors (Lipinski definition) is 2. The highest BCUT2D eigenvalue weighted by Gasteiger charge is 2.04. The third-order valence-corrected chi connectivity index (χ3v) is 3.55. The fraction of sp³-hybridized carbons (Fsp3) is 0.167. The molecule has 3 aromatic rings. The molecule has 100 valence electrons. The maximum atomic E-state index is 4.68. The van der Waals surface area contributed by atoms with Crippen LogP contribution in [-0.2, 0) is 6.54 Å². The first-order valence-electron chi connectivity index (χ1n) is 6.96. The summed E-state index contributed by atoms with van der Waals surface area (Å²) in [5.74, 6) is 0. The average molecular weight is 262 g/mol. The molecule has 0 saturated carbocycles. The molecule has 1 heterocycles. The van der Waals surface area contributed by atoms with Crippen LogP contribution in [0, 0.1) is 0 Å². The van der Waals surface area contributed by atoms with Gasteiger partial charge in [0, 0.05) is 18.0 Å². The summed E-state index contributed by atoms with van der Waals surface area (Å²) in [6.45, 7) is 2.96. The predicted octanol–water partition coefficient (Wildman–Crippen LogP) is 4.09. The van der Waals surface area contributed by atoms with E-state index in [2.05, 4.69) is 65.8 Å². The van der Waals surface area contributed by atoms with Gasteiger partial charge in [-0.15, -0.1) is 0 Å². The van der Waals surface area contributed by atoms with Gasteiger partial charge >= 0.3 is 0 Å². The van der Waals surface area contributed by atoms with E-state index in [1.165, 1.54) is 10.9 Å². The van der Waals surface area contributed by atoms with Crippen LogP contribution in [0.3, 0.4) is 0 Å². The summed E-state index contributed by atoms with van der Waals surface area (Å²) >= 11 is 0. The van der Waals surface area contributed by atoms with Crippen molar-refractivity contribution in [3.8, 4) is 0 Å². The van der Waals surface area contributed by atoms with Crippen LogP contribution < -0.4 is 5.32 Å². The SMILES string of the molecule is C[C@H](NCc1ccc2ccccc2n1)c1ccccc1. The molecule has 0 amide bonds. The van der Waals surface area contributed by atoms with Crippen LogP contribution in [0.2, 0.25) is 0 Å². The number of para-hydroxylation sites is 1. The van der Waals surface area contributed by atoms with Gasteiger partial charge in [-0.05, 0) is 24.6 Å². The number of nitrogens with one attached hydrogen (secondary N) is 1. The zero-order valence-corrected chi connectivity index (χ0v) is 11.6. The fourth-order valence-corrected chi connectivity index (χ4v) is 2.32. The summed E-state index contributed by atoms with van der Waals surface area (Å²) < 4.78 is 0.